The van der Waals surface area contributed by atoms with E-state index in [4.69, 9.17) is 14.8 Å². The first kappa shape index (κ1) is 34.8. The second-order valence-corrected chi connectivity index (χ2v) is 16.2. The van der Waals surface area contributed by atoms with Gasteiger partial charge < -0.3 is 4.74 Å². The molecule has 264 valence electrons. The summed E-state index contributed by atoms with van der Waals surface area (Å²) in [5.74, 6) is 4.13. The van der Waals surface area contributed by atoms with Crippen LogP contribution in [0.15, 0.2) is 90.6 Å². The summed E-state index contributed by atoms with van der Waals surface area (Å²) in [6.45, 7) is 20.6. The van der Waals surface area contributed by atoms with Crippen molar-refractivity contribution in [2.75, 3.05) is 0 Å². The maximum Gasteiger partial charge on any atom is 0.137 e. The molecule has 0 aliphatic heterocycles. The van der Waals surface area contributed by atoms with Crippen LogP contribution in [0.2, 0.25) is 0 Å². The molecule has 5 heteroatoms. The molecule has 0 radical (unpaired) electrons. The Balaban J connectivity index is 1.36. The van der Waals surface area contributed by atoms with Gasteiger partial charge in [0.05, 0.1) is 22.4 Å². The second kappa shape index (κ2) is 13.8. The Bertz CT molecular complexity index is 2240. The average molecular weight is 679 g/mol. The molecular weight excluding hydrogens is 625 g/mol. The van der Waals surface area contributed by atoms with Crippen molar-refractivity contribution in [1.29, 1.82) is 0 Å². The normalized spacial score (nSPS) is 16.7. The summed E-state index contributed by atoms with van der Waals surface area (Å²) in [4.78, 5) is 4.82. The van der Waals surface area contributed by atoms with Gasteiger partial charge in [0.25, 0.3) is 0 Å². The zero-order valence-electron chi connectivity index (χ0n) is 32.0. The summed E-state index contributed by atoms with van der Waals surface area (Å²) >= 11 is 0. The predicted octanol–water partition coefficient (Wildman–Crippen LogP) is 12.4. The largest absolute Gasteiger partial charge is 0.457 e. The van der Waals surface area contributed by atoms with Crippen molar-refractivity contribution >= 4 is 21.8 Å². The molecule has 0 N–H and O–H groups in total. The SMILES string of the molecule is CCc1ccnc(-n2c3ccccc3c3ccc(Oc4cc(-n5nc(C)c([C@H]6C(C)=CCCC6C)c5CCC(C)C)cc(C(C)(C)C)c4)cc32)c1. The molecule has 3 aromatic carbocycles. The summed E-state index contributed by atoms with van der Waals surface area (Å²) in [5, 5.41) is 7.71. The fourth-order valence-electron chi connectivity index (χ4n) is 8.10. The molecule has 1 aliphatic carbocycles. The van der Waals surface area contributed by atoms with E-state index in [0.29, 0.717) is 17.8 Å². The number of aromatic nitrogens is 4. The topological polar surface area (TPSA) is 44.9 Å². The molecule has 51 heavy (non-hydrogen) atoms. The van der Waals surface area contributed by atoms with Gasteiger partial charge in [-0.25, -0.2) is 9.67 Å². The minimum Gasteiger partial charge on any atom is -0.457 e. The van der Waals surface area contributed by atoms with Crippen LogP contribution in [0.3, 0.4) is 0 Å². The van der Waals surface area contributed by atoms with Crippen LogP contribution in [0, 0.1) is 18.8 Å². The molecule has 0 saturated heterocycles. The molecule has 7 rings (SSSR count). The summed E-state index contributed by atoms with van der Waals surface area (Å²) in [6, 6.07) is 26.0. The third-order valence-corrected chi connectivity index (χ3v) is 11.0. The number of aryl methyl sites for hydroxylation is 2. The van der Waals surface area contributed by atoms with Gasteiger partial charge in [-0.05, 0) is 117 Å². The van der Waals surface area contributed by atoms with Crippen LogP contribution in [0.1, 0.15) is 109 Å². The van der Waals surface area contributed by atoms with Crippen molar-refractivity contribution in [2.45, 2.75) is 106 Å². The van der Waals surface area contributed by atoms with E-state index in [-0.39, 0.29) is 5.41 Å². The fraction of sp³-hybridized carbons (Fsp3) is 0.391. The highest BCUT2D eigenvalue weighted by Gasteiger charge is 2.31. The van der Waals surface area contributed by atoms with Crippen LogP contribution in [0.4, 0.5) is 0 Å². The lowest BCUT2D eigenvalue weighted by Crippen LogP contribution is -2.18. The quantitative estimate of drug-likeness (QED) is 0.143. The van der Waals surface area contributed by atoms with Crippen LogP contribution in [-0.2, 0) is 18.3 Å². The van der Waals surface area contributed by atoms with Gasteiger partial charge >= 0.3 is 0 Å². The maximum atomic E-state index is 6.86. The highest BCUT2D eigenvalue weighted by Crippen LogP contribution is 2.43. The van der Waals surface area contributed by atoms with Crippen LogP contribution in [-0.4, -0.2) is 19.3 Å². The number of hydrogen-bond acceptors (Lipinski definition) is 3. The zero-order chi connectivity index (χ0) is 36.0. The molecule has 5 nitrogen and oxygen atoms in total. The average Bonchev–Trinajstić information content (AvgIpc) is 3.60. The molecule has 1 unspecified atom stereocenters. The predicted molar refractivity (Wildman–Crippen MR) is 213 cm³/mol. The minimum atomic E-state index is -0.0825. The lowest BCUT2D eigenvalue weighted by Gasteiger charge is -2.30. The van der Waals surface area contributed by atoms with Crippen LogP contribution >= 0.6 is 0 Å². The Kier molecular flexibility index (Phi) is 9.43. The van der Waals surface area contributed by atoms with E-state index in [0.717, 1.165) is 59.0 Å². The summed E-state index contributed by atoms with van der Waals surface area (Å²) in [5.41, 5.74) is 11.1. The first-order valence-electron chi connectivity index (χ1n) is 19.0. The molecule has 0 spiro atoms. The maximum absolute atomic E-state index is 6.86. The van der Waals surface area contributed by atoms with Crippen LogP contribution in [0.25, 0.3) is 33.3 Å². The van der Waals surface area contributed by atoms with Crippen LogP contribution < -0.4 is 4.74 Å². The lowest BCUT2D eigenvalue weighted by atomic mass is 9.75. The van der Waals surface area contributed by atoms with Gasteiger partial charge in [-0.15, -0.1) is 0 Å². The van der Waals surface area contributed by atoms with Crippen molar-refractivity contribution in [3.05, 3.63) is 119 Å². The van der Waals surface area contributed by atoms with Gasteiger partial charge in [0.15, 0.2) is 0 Å². The fourth-order valence-corrected chi connectivity index (χ4v) is 8.10. The van der Waals surface area contributed by atoms with E-state index in [1.165, 1.54) is 51.6 Å². The zero-order valence-corrected chi connectivity index (χ0v) is 32.0. The molecule has 0 bridgehead atoms. The Morgan fingerprint density at radius 3 is 2.43 bits per heavy atom. The first-order valence-corrected chi connectivity index (χ1v) is 19.0. The third kappa shape index (κ3) is 6.76. The smallest absolute Gasteiger partial charge is 0.137 e. The summed E-state index contributed by atoms with van der Waals surface area (Å²) in [7, 11) is 0. The van der Waals surface area contributed by atoms with Gasteiger partial charge in [0.2, 0.25) is 0 Å². The van der Waals surface area contributed by atoms with Gasteiger partial charge in [0, 0.05) is 46.3 Å². The van der Waals surface area contributed by atoms with Gasteiger partial charge in [-0.2, -0.15) is 5.10 Å². The number of allylic oxidation sites excluding steroid dienone is 2. The van der Waals surface area contributed by atoms with E-state index in [1.807, 2.05) is 6.20 Å². The monoisotopic (exact) mass is 678 g/mol. The Hall–Kier alpha value is -4.64. The number of pyridine rings is 1. The summed E-state index contributed by atoms with van der Waals surface area (Å²) < 4.78 is 11.4. The van der Waals surface area contributed by atoms with Crippen molar-refractivity contribution in [2.24, 2.45) is 11.8 Å². The molecule has 1 aliphatic rings. The number of rotatable bonds is 9. The molecule has 0 saturated carbocycles. The van der Waals surface area contributed by atoms with Crippen molar-refractivity contribution < 1.29 is 4.74 Å². The van der Waals surface area contributed by atoms with Crippen molar-refractivity contribution in [3.8, 4) is 23.0 Å². The Morgan fingerprint density at radius 2 is 1.69 bits per heavy atom. The van der Waals surface area contributed by atoms with Gasteiger partial charge in [0.1, 0.15) is 17.3 Å². The Morgan fingerprint density at radius 1 is 0.902 bits per heavy atom. The number of hydrogen-bond donors (Lipinski definition) is 0. The first-order chi connectivity index (χ1) is 24.4. The number of nitrogens with zero attached hydrogens (tertiary/aromatic N) is 4. The lowest BCUT2D eigenvalue weighted by molar-refractivity contribution is 0.445. The number of para-hydroxylation sites is 1. The molecule has 3 aromatic heterocycles. The number of fused-ring (bicyclic) bond motifs is 3. The molecule has 0 fully saturated rings. The standard InChI is InChI=1S/C46H54N4O/c1-10-33-22-23-47-43(24-33)49-40-17-12-11-16-38(40)39-20-19-36(28-42(39)49)51-37-26-34(46(7,8)9)25-35(27-37)50-41(21-18-29(2)3)45(32(6)48-50)44-30(4)14-13-15-31(44)5/h11-12,14,16-17,19-20,22-29,31,44H,10,13,15,18,21H2,1-9H3/t31?,44-/m0/s1. The van der Waals surface area contributed by atoms with Crippen molar-refractivity contribution in [1.82, 2.24) is 19.3 Å². The Labute approximate surface area is 304 Å². The second-order valence-electron chi connectivity index (χ2n) is 16.2. The molecule has 6 aromatic rings. The van der Waals surface area contributed by atoms with Gasteiger partial charge in [-0.1, -0.05) is 78.3 Å². The van der Waals surface area contributed by atoms with E-state index < -0.39 is 0 Å². The van der Waals surface area contributed by atoms with Crippen LogP contribution in [0.5, 0.6) is 11.5 Å². The number of ether oxygens (including phenoxy) is 1. The molecule has 2 atom stereocenters. The highest BCUT2D eigenvalue weighted by molar-refractivity contribution is 6.09. The third-order valence-electron chi connectivity index (χ3n) is 11.0. The minimum absolute atomic E-state index is 0.0825. The molecule has 3 heterocycles. The van der Waals surface area contributed by atoms with Crippen molar-refractivity contribution in [3.63, 3.8) is 0 Å². The van der Waals surface area contributed by atoms with E-state index in [1.54, 1.807) is 0 Å². The number of benzene rings is 3. The van der Waals surface area contributed by atoms with E-state index in [2.05, 4.69) is 150 Å². The van der Waals surface area contributed by atoms with E-state index in [9.17, 15) is 0 Å². The molecule has 0 amide bonds. The highest BCUT2D eigenvalue weighted by atomic mass is 16.5. The van der Waals surface area contributed by atoms with Gasteiger partial charge in [-0.3, -0.25) is 4.57 Å². The van der Waals surface area contributed by atoms with E-state index >= 15 is 0 Å². The summed E-state index contributed by atoms with van der Waals surface area (Å²) in [6.07, 6.45) is 9.83. The molecular formula is C46H54N4O.